The maximum absolute atomic E-state index is 3.58. The van der Waals surface area contributed by atoms with Crippen molar-refractivity contribution in [2.45, 2.75) is 94.8 Å². The summed E-state index contributed by atoms with van der Waals surface area (Å²) in [6.45, 7) is 0. The summed E-state index contributed by atoms with van der Waals surface area (Å²) in [5.74, 6) is 0. The van der Waals surface area contributed by atoms with Crippen LogP contribution in [-0.4, -0.2) is 22.8 Å². The highest BCUT2D eigenvalue weighted by Gasteiger charge is 2.30. The van der Waals surface area contributed by atoms with Gasteiger partial charge in [-0.05, 0) is 56.0 Å². The average molecular weight is 347 g/mol. The largest absolute Gasteiger partial charge is 0.100 e. The fraction of sp³-hybridized carbons (Fsp3) is 1.00. The summed E-state index contributed by atoms with van der Waals surface area (Å²) in [6.07, 6.45) is 21.5. The minimum absolute atomic E-state index is 0.371. The van der Waals surface area contributed by atoms with Gasteiger partial charge in [-0.2, -0.15) is 0 Å². The van der Waals surface area contributed by atoms with Crippen molar-refractivity contribution >= 4 is 23.9 Å². The third-order valence-corrected chi connectivity index (χ3v) is 9.44. The van der Waals surface area contributed by atoms with E-state index >= 15 is 0 Å². The molecule has 0 aliphatic heterocycles. The van der Waals surface area contributed by atoms with Crippen LogP contribution in [0, 0.1) is 0 Å². The van der Waals surface area contributed by atoms with Gasteiger partial charge in [-0.1, -0.05) is 60.9 Å². The lowest BCUT2D eigenvalue weighted by Gasteiger charge is -2.38. The molecule has 2 aliphatic rings. The molecule has 0 aromatic carbocycles. The predicted molar refractivity (Wildman–Crippen MR) is 93.2 cm³/mol. The van der Waals surface area contributed by atoms with Crippen molar-refractivity contribution in [1.29, 1.82) is 0 Å². The molecule has 0 heterocycles. The lowest BCUT2D eigenvalue weighted by molar-refractivity contribution is 0.483. The summed E-state index contributed by atoms with van der Waals surface area (Å²) in [6, 6.07) is 0. The highest BCUT2D eigenvalue weighted by atomic mass is 79.9. The van der Waals surface area contributed by atoms with Gasteiger partial charge in [0.1, 0.15) is 0 Å². The van der Waals surface area contributed by atoms with Gasteiger partial charge in [-0.15, -0.1) is 7.92 Å². The van der Waals surface area contributed by atoms with Gasteiger partial charge in [-0.25, -0.2) is 0 Å². The summed E-state index contributed by atoms with van der Waals surface area (Å²) in [5, 5.41) is 1.21. The van der Waals surface area contributed by atoms with Gasteiger partial charge in [0.2, 0.25) is 0 Å². The van der Waals surface area contributed by atoms with E-state index in [1.54, 1.807) is 31.8 Å². The van der Waals surface area contributed by atoms with E-state index in [0.29, 0.717) is 7.92 Å². The molecule has 2 saturated carbocycles. The summed E-state index contributed by atoms with van der Waals surface area (Å²) in [5.41, 5.74) is 2.33. The standard InChI is InChI=1S/C17H32BrP/c18-14-8-3-9-15-19(16-10-4-1-5-11-16)17-12-6-2-7-13-17/h16-17H,1-15H2. The second kappa shape index (κ2) is 9.78. The van der Waals surface area contributed by atoms with E-state index < -0.39 is 0 Å². The highest BCUT2D eigenvalue weighted by molar-refractivity contribution is 9.09. The molecule has 112 valence electrons. The molecular weight excluding hydrogens is 315 g/mol. The summed E-state index contributed by atoms with van der Waals surface area (Å²) in [7, 11) is 0.371. The smallest absolute Gasteiger partial charge is 0.00313 e. The molecule has 2 rings (SSSR count). The lowest BCUT2D eigenvalue weighted by Crippen LogP contribution is -2.22. The third-order valence-electron chi connectivity index (χ3n) is 5.14. The van der Waals surface area contributed by atoms with E-state index in [1.165, 1.54) is 63.1 Å². The van der Waals surface area contributed by atoms with Crippen LogP contribution in [0.4, 0.5) is 0 Å². The number of alkyl halides is 1. The van der Waals surface area contributed by atoms with Gasteiger partial charge in [0.15, 0.2) is 0 Å². The minimum atomic E-state index is 0.371. The van der Waals surface area contributed by atoms with Crippen LogP contribution in [0.25, 0.3) is 0 Å². The molecule has 0 saturated heterocycles. The Morgan fingerprint density at radius 2 is 1.21 bits per heavy atom. The molecule has 2 fully saturated rings. The Hall–Kier alpha value is 0.910. The Bertz CT molecular complexity index is 201. The molecule has 0 amide bonds. The van der Waals surface area contributed by atoms with Crippen molar-refractivity contribution < 1.29 is 0 Å². The van der Waals surface area contributed by atoms with Gasteiger partial charge >= 0.3 is 0 Å². The van der Waals surface area contributed by atoms with Gasteiger partial charge < -0.3 is 0 Å². The number of halogens is 1. The molecule has 0 nitrogen and oxygen atoms in total. The van der Waals surface area contributed by atoms with Crippen LogP contribution in [0.2, 0.25) is 0 Å². The lowest BCUT2D eigenvalue weighted by atomic mass is 9.99. The van der Waals surface area contributed by atoms with E-state index in [0.717, 1.165) is 11.3 Å². The van der Waals surface area contributed by atoms with Crippen molar-refractivity contribution in [3.05, 3.63) is 0 Å². The molecule has 0 unspecified atom stereocenters. The molecule has 0 aromatic rings. The van der Waals surface area contributed by atoms with Crippen molar-refractivity contribution in [3.8, 4) is 0 Å². The van der Waals surface area contributed by atoms with E-state index in [-0.39, 0.29) is 0 Å². The predicted octanol–water partition coefficient (Wildman–Crippen LogP) is 6.70. The summed E-state index contributed by atoms with van der Waals surface area (Å²) < 4.78 is 0. The van der Waals surface area contributed by atoms with Gasteiger partial charge in [0.05, 0.1) is 0 Å². The van der Waals surface area contributed by atoms with E-state index in [9.17, 15) is 0 Å². The molecular formula is C17H32BrP. The Labute approximate surface area is 130 Å². The molecule has 2 heteroatoms. The normalized spacial score (nSPS) is 23.1. The van der Waals surface area contributed by atoms with Gasteiger partial charge in [-0.3, -0.25) is 0 Å². The first kappa shape index (κ1) is 16.3. The average Bonchev–Trinajstić information content (AvgIpc) is 2.49. The van der Waals surface area contributed by atoms with Crippen LogP contribution in [-0.2, 0) is 0 Å². The fourth-order valence-corrected chi connectivity index (χ4v) is 8.42. The van der Waals surface area contributed by atoms with Crippen LogP contribution < -0.4 is 0 Å². The Morgan fingerprint density at radius 3 is 1.68 bits per heavy atom. The van der Waals surface area contributed by atoms with E-state index in [2.05, 4.69) is 15.9 Å². The monoisotopic (exact) mass is 346 g/mol. The van der Waals surface area contributed by atoms with Crippen LogP contribution >= 0.6 is 23.9 Å². The zero-order valence-corrected chi connectivity index (χ0v) is 15.1. The molecule has 2 aliphatic carbocycles. The first-order valence-electron chi connectivity index (χ1n) is 8.73. The fourth-order valence-electron chi connectivity index (χ4n) is 4.05. The quantitative estimate of drug-likeness (QED) is 0.273. The maximum Gasteiger partial charge on any atom is 0.00313 e. The number of hydrogen-bond acceptors (Lipinski definition) is 0. The molecule has 0 atom stereocenters. The Morgan fingerprint density at radius 1 is 0.684 bits per heavy atom. The SMILES string of the molecule is BrCCCCCP(C1CCCCC1)C1CCCCC1. The first-order chi connectivity index (χ1) is 9.42. The maximum atomic E-state index is 3.58. The Kier molecular flexibility index (Phi) is 8.38. The Balaban J connectivity index is 1.83. The zero-order valence-electron chi connectivity index (χ0n) is 12.6. The second-order valence-corrected chi connectivity index (χ2v) is 10.3. The summed E-state index contributed by atoms with van der Waals surface area (Å²) >= 11 is 3.58. The topological polar surface area (TPSA) is 0 Å². The summed E-state index contributed by atoms with van der Waals surface area (Å²) in [4.78, 5) is 0. The minimum Gasteiger partial charge on any atom is -0.100 e. The van der Waals surface area contributed by atoms with Gasteiger partial charge in [0, 0.05) is 5.33 Å². The molecule has 0 radical (unpaired) electrons. The van der Waals surface area contributed by atoms with E-state index in [4.69, 9.17) is 0 Å². The highest BCUT2D eigenvalue weighted by Crippen LogP contribution is 2.56. The van der Waals surface area contributed by atoms with Crippen molar-refractivity contribution in [2.24, 2.45) is 0 Å². The molecule has 0 N–H and O–H groups in total. The number of hydrogen-bond donors (Lipinski definition) is 0. The first-order valence-corrected chi connectivity index (χ1v) is 11.5. The molecule has 0 aromatic heterocycles. The molecule has 0 bridgehead atoms. The molecule has 0 spiro atoms. The van der Waals surface area contributed by atoms with Crippen LogP contribution in [0.5, 0.6) is 0 Å². The van der Waals surface area contributed by atoms with Gasteiger partial charge in [0.25, 0.3) is 0 Å². The number of rotatable bonds is 7. The number of unbranched alkanes of at least 4 members (excludes halogenated alkanes) is 2. The van der Waals surface area contributed by atoms with Crippen LogP contribution in [0.3, 0.4) is 0 Å². The van der Waals surface area contributed by atoms with Crippen molar-refractivity contribution in [3.63, 3.8) is 0 Å². The second-order valence-electron chi connectivity index (χ2n) is 6.57. The molecule has 19 heavy (non-hydrogen) atoms. The van der Waals surface area contributed by atoms with Crippen LogP contribution in [0.15, 0.2) is 0 Å². The van der Waals surface area contributed by atoms with Crippen molar-refractivity contribution in [2.75, 3.05) is 11.5 Å². The van der Waals surface area contributed by atoms with Crippen LogP contribution in [0.1, 0.15) is 83.5 Å². The zero-order chi connectivity index (χ0) is 13.3. The van der Waals surface area contributed by atoms with E-state index in [1.807, 2.05) is 0 Å². The van der Waals surface area contributed by atoms with Crippen molar-refractivity contribution in [1.82, 2.24) is 0 Å². The third kappa shape index (κ3) is 5.66.